The van der Waals surface area contributed by atoms with Crippen molar-refractivity contribution in [2.45, 2.75) is 32.2 Å². The highest BCUT2D eigenvalue weighted by atomic mass is 16.2. The number of rotatable bonds is 4. The van der Waals surface area contributed by atoms with Crippen LogP contribution in [-0.4, -0.2) is 41.3 Å². The first-order chi connectivity index (χ1) is 13.6. The Hall–Kier alpha value is -2.89. The van der Waals surface area contributed by atoms with Crippen molar-refractivity contribution in [3.8, 4) is 0 Å². The molecule has 6 nitrogen and oxygen atoms in total. The highest BCUT2D eigenvalue weighted by molar-refractivity contribution is 5.91. The van der Waals surface area contributed by atoms with E-state index in [0.717, 1.165) is 51.1 Å². The van der Waals surface area contributed by atoms with Crippen molar-refractivity contribution >= 4 is 17.5 Å². The van der Waals surface area contributed by atoms with Gasteiger partial charge in [-0.25, -0.2) is 0 Å². The van der Waals surface area contributed by atoms with Gasteiger partial charge in [0.15, 0.2) is 0 Å². The van der Waals surface area contributed by atoms with E-state index in [1.165, 1.54) is 11.1 Å². The SMILES string of the molecule is NC(=O)c1cc(N2CCC(CC(=O)N3CCc4ccccc4C3)CC2)ccn1. The molecule has 0 radical (unpaired) electrons. The third-order valence-electron chi connectivity index (χ3n) is 5.92. The number of pyridine rings is 1. The number of hydrogen-bond donors (Lipinski definition) is 1. The van der Waals surface area contributed by atoms with Crippen LogP contribution in [-0.2, 0) is 17.8 Å². The first-order valence-corrected chi connectivity index (χ1v) is 9.95. The van der Waals surface area contributed by atoms with E-state index in [9.17, 15) is 9.59 Å². The summed E-state index contributed by atoms with van der Waals surface area (Å²) in [5, 5.41) is 0. The van der Waals surface area contributed by atoms with Gasteiger partial charge < -0.3 is 15.5 Å². The molecule has 0 spiro atoms. The van der Waals surface area contributed by atoms with Crippen molar-refractivity contribution in [1.82, 2.24) is 9.88 Å². The maximum absolute atomic E-state index is 12.8. The first kappa shape index (κ1) is 18.5. The molecular weight excluding hydrogens is 352 g/mol. The largest absolute Gasteiger partial charge is 0.371 e. The predicted molar refractivity (Wildman–Crippen MR) is 108 cm³/mol. The van der Waals surface area contributed by atoms with Crippen LogP contribution in [0.1, 0.15) is 40.9 Å². The van der Waals surface area contributed by atoms with E-state index in [-0.39, 0.29) is 5.91 Å². The lowest BCUT2D eigenvalue weighted by Gasteiger charge is -2.35. The fourth-order valence-corrected chi connectivity index (χ4v) is 4.23. The molecular formula is C22H26N4O2. The zero-order valence-corrected chi connectivity index (χ0v) is 16.0. The van der Waals surface area contributed by atoms with Crippen molar-refractivity contribution in [2.24, 2.45) is 11.7 Å². The van der Waals surface area contributed by atoms with Crippen molar-refractivity contribution in [2.75, 3.05) is 24.5 Å². The number of hydrogen-bond acceptors (Lipinski definition) is 4. The van der Waals surface area contributed by atoms with Crippen molar-refractivity contribution in [1.29, 1.82) is 0 Å². The van der Waals surface area contributed by atoms with Gasteiger partial charge in [-0.2, -0.15) is 0 Å². The van der Waals surface area contributed by atoms with Crippen molar-refractivity contribution in [3.63, 3.8) is 0 Å². The number of carbonyl (C=O) groups excluding carboxylic acids is 2. The topological polar surface area (TPSA) is 79.5 Å². The van der Waals surface area contributed by atoms with Crippen LogP contribution in [0, 0.1) is 5.92 Å². The normalized spacial score (nSPS) is 17.3. The van der Waals surface area contributed by atoms with Crippen LogP contribution in [0.25, 0.3) is 0 Å². The second kappa shape index (κ2) is 8.00. The molecule has 0 unspecified atom stereocenters. The molecule has 2 aliphatic rings. The van der Waals surface area contributed by atoms with Crippen LogP contribution in [0.5, 0.6) is 0 Å². The van der Waals surface area contributed by atoms with Gasteiger partial charge in [0, 0.05) is 44.5 Å². The molecule has 28 heavy (non-hydrogen) atoms. The summed E-state index contributed by atoms with van der Waals surface area (Å²) in [7, 11) is 0. The summed E-state index contributed by atoms with van der Waals surface area (Å²) in [6.07, 6.45) is 5.15. The Labute approximate surface area is 165 Å². The molecule has 4 rings (SSSR count). The minimum absolute atomic E-state index is 0.271. The number of benzene rings is 1. The zero-order chi connectivity index (χ0) is 19.5. The molecule has 0 saturated carbocycles. The molecule has 2 amide bonds. The van der Waals surface area contributed by atoms with Crippen LogP contribution in [0.15, 0.2) is 42.6 Å². The second-order valence-electron chi connectivity index (χ2n) is 7.73. The summed E-state index contributed by atoms with van der Waals surface area (Å²) in [4.78, 5) is 32.4. The number of piperidine rings is 1. The van der Waals surface area contributed by atoms with Gasteiger partial charge in [-0.1, -0.05) is 24.3 Å². The molecule has 146 valence electrons. The van der Waals surface area contributed by atoms with E-state index in [1.54, 1.807) is 12.3 Å². The van der Waals surface area contributed by atoms with E-state index in [1.807, 2.05) is 17.0 Å². The summed E-state index contributed by atoms with van der Waals surface area (Å²) in [6.45, 7) is 3.31. The lowest BCUT2D eigenvalue weighted by molar-refractivity contribution is -0.133. The number of primary amides is 1. The van der Waals surface area contributed by atoms with Crippen LogP contribution < -0.4 is 10.6 Å². The quantitative estimate of drug-likeness (QED) is 0.886. The highest BCUT2D eigenvalue weighted by Gasteiger charge is 2.26. The number of amides is 2. The average molecular weight is 378 g/mol. The van der Waals surface area contributed by atoms with Crippen LogP contribution in [0.2, 0.25) is 0 Å². The second-order valence-corrected chi connectivity index (χ2v) is 7.73. The molecule has 2 aromatic rings. The fraction of sp³-hybridized carbons (Fsp3) is 0.409. The summed E-state index contributed by atoms with van der Waals surface area (Å²) < 4.78 is 0. The minimum atomic E-state index is -0.509. The highest BCUT2D eigenvalue weighted by Crippen LogP contribution is 2.27. The molecule has 3 heterocycles. The third kappa shape index (κ3) is 4.01. The smallest absolute Gasteiger partial charge is 0.267 e. The monoisotopic (exact) mass is 378 g/mol. The number of fused-ring (bicyclic) bond motifs is 1. The van der Waals surface area contributed by atoms with E-state index < -0.39 is 5.91 Å². The third-order valence-corrected chi connectivity index (χ3v) is 5.92. The summed E-state index contributed by atoms with van der Waals surface area (Å²) in [5.41, 5.74) is 9.24. The van der Waals surface area contributed by atoms with Gasteiger partial charge in [0.1, 0.15) is 5.69 Å². The number of aromatic nitrogens is 1. The van der Waals surface area contributed by atoms with Gasteiger partial charge in [-0.3, -0.25) is 14.6 Å². The Morgan fingerprint density at radius 1 is 1.07 bits per heavy atom. The van der Waals surface area contributed by atoms with Gasteiger partial charge in [0.2, 0.25) is 5.91 Å². The molecule has 0 bridgehead atoms. The Morgan fingerprint density at radius 3 is 2.57 bits per heavy atom. The average Bonchev–Trinajstić information content (AvgIpc) is 2.74. The number of anilines is 1. The summed E-state index contributed by atoms with van der Waals surface area (Å²) in [6, 6.07) is 12.1. The maximum atomic E-state index is 12.8. The first-order valence-electron chi connectivity index (χ1n) is 9.95. The Kier molecular flexibility index (Phi) is 5.28. The molecule has 2 N–H and O–H groups in total. The maximum Gasteiger partial charge on any atom is 0.267 e. The van der Waals surface area contributed by atoms with Crippen LogP contribution in [0.3, 0.4) is 0 Å². The molecule has 0 atom stereocenters. The molecule has 2 aliphatic heterocycles. The molecule has 1 saturated heterocycles. The van der Waals surface area contributed by atoms with Gasteiger partial charge in [-0.15, -0.1) is 0 Å². The Bertz CT molecular complexity index is 874. The number of carbonyl (C=O) groups is 2. The lowest BCUT2D eigenvalue weighted by atomic mass is 9.92. The lowest BCUT2D eigenvalue weighted by Crippen LogP contribution is -2.39. The molecule has 6 heteroatoms. The van der Waals surface area contributed by atoms with Gasteiger partial charge in [0.25, 0.3) is 5.91 Å². The predicted octanol–water partition coefficient (Wildman–Crippen LogP) is 2.37. The summed E-state index contributed by atoms with van der Waals surface area (Å²) in [5.74, 6) is 0.177. The Balaban J connectivity index is 1.30. The molecule has 1 fully saturated rings. The van der Waals surface area contributed by atoms with Crippen molar-refractivity contribution in [3.05, 3.63) is 59.4 Å². The van der Waals surface area contributed by atoms with Crippen molar-refractivity contribution < 1.29 is 9.59 Å². The molecule has 0 aliphatic carbocycles. The fourth-order valence-electron chi connectivity index (χ4n) is 4.23. The molecule has 1 aromatic carbocycles. The van der Waals surface area contributed by atoms with Gasteiger partial charge in [-0.05, 0) is 48.4 Å². The van der Waals surface area contributed by atoms with E-state index >= 15 is 0 Å². The van der Waals surface area contributed by atoms with Gasteiger partial charge >= 0.3 is 0 Å². The Morgan fingerprint density at radius 2 is 1.82 bits per heavy atom. The van der Waals surface area contributed by atoms with E-state index in [0.29, 0.717) is 18.0 Å². The zero-order valence-electron chi connectivity index (χ0n) is 16.0. The minimum Gasteiger partial charge on any atom is -0.371 e. The van der Waals surface area contributed by atoms with Crippen LogP contribution in [0.4, 0.5) is 5.69 Å². The van der Waals surface area contributed by atoms with Crippen LogP contribution >= 0.6 is 0 Å². The summed E-state index contributed by atoms with van der Waals surface area (Å²) >= 11 is 0. The van der Waals surface area contributed by atoms with Gasteiger partial charge in [0.05, 0.1) is 0 Å². The van der Waals surface area contributed by atoms with E-state index in [2.05, 4.69) is 28.1 Å². The van der Waals surface area contributed by atoms with E-state index in [4.69, 9.17) is 5.73 Å². The number of nitrogens with two attached hydrogens (primary N) is 1. The number of nitrogens with zero attached hydrogens (tertiary/aromatic N) is 3. The standard InChI is InChI=1S/C22H26N4O2/c23-22(28)20-14-19(5-9-24-20)25-10-6-16(7-11-25)13-21(27)26-12-8-17-3-1-2-4-18(17)15-26/h1-5,9,14,16H,6-8,10-13,15H2,(H2,23,28). The molecule has 1 aromatic heterocycles.